The number of nitrogens with zero attached hydrogens (tertiary/aromatic N) is 1. The molecule has 1 aromatic rings. The first-order valence-electron chi connectivity index (χ1n) is 4.20. The van der Waals surface area contributed by atoms with E-state index in [0.29, 0.717) is 12.4 Å². The molecule has 0 spiro atoms. The second-order valence-electron chi connectivity index (χ2n) is 3.07. The second-order valence-corrected chi connectivity index (χ2v) is 3.07. The Hall–Kier alpha value is -1.36. The molecule has 2 N–H and O–H groups in total. The van der Waals surface area contributed by atoms with Crippen LogP contribution in [0.4, 0.5) is 5.82 Å². The van der Waals surface area contributed by atoms with Crippen molar-refractivity contribution in [3.63, 3.8) is 0 Å². The Balaban J connectivity index is 1.97. The molecular weight excluding hydrogens is 170 g/mol. The average molecular weight is 181 g/mol. The standard InChI is InChI=1S/C8H11N3O2/c1-5-4-9-11-7(5)10-8(12)6-2-3-13-6/h4,6H,2-3H2,1H3,(H2,9,10,11,12). The number of ether oxygens (including phenoxy) is 1. The lowest BCUT2D eigenvalue weighted by molar-refractivity contribution is -0.139. The molecule has 0 saturated carbocycles. The normalized spacial score (nSPS) is 20.8. The first-order chi connectivity index (χ1) is 6.27. The van der Waals surface area contributed by atoms with Gasteiger partial charge in [-0.25, -0.2) is 0 Å². The van der Waals surface area contributed by atoms with Crippen LogP contribution in [0.1, 0.15) is 12.0 Å². The number of hydrogen-bond donors (Lipinski definition) is 2. The molecule has 0 aliphatic carbocycles. The van der Waals surface area contributed by atoms with Crippen molar-refractivity contribution in [1.29, 1.82) is 0 Å². The maximum Gasteiger partial charge on any atom is 0.254 e. The van der Waals surface area contributed by atoms with Gasteiger partial charge in [0.1, 0.15) is 11.9 Å². The van der Waals surface area contributed by atoms with Gasteiger partial charge in [-0.05, 0) is 6.92 Å². The van der Waals surface area contributed by atoms with Crippen molar-refractivity contribution >= 4 is 11.7 Å². The summed E-state index contributed by atoms with van der Waals surface area (Å²) in [4.78, 5) is 11.4. The van der Waals surface area contributed by atoms with Crippen LogP contribution in [0.3, 0.4) is 0 Å². The number of rotatable bonds is 2. The molecule has 2 heterocycles. The molecular formula is C8H11N3O2. The summed E-state index contributed by atoms with van der Waals surface area (Å²) in [7, 11) is 0. The first-order valence-corrected chi connectivity index (χ1v) is 4.20. The number of nitrogens with one attached hydrogen (secondary N) is 2. The third kappa shape index (κ3) is 1.55. The molecule has 13 heavy (non-hydrogen) atoms. The van der Waals surface area contributed by atoms with Gasteiger partial charge in [0.05, 0.1) is 12.8 Å². The molecule has 1 aliphatic rings. The summed E-state index contributed by atoms with van der Waals surface area (Å²) < 4.78 is 5.03. The molecule has 1 aromatic heterocycles. The Morgan fingerprint density at radius 3 is 3.08 bits per heavy atom. The summed E-state index contributed by atoms with van der Waals surface area (Å²) in [5.74, 6) is 0.555. The molecule has 1 saturated heterocycles. The third-order valence-electron chi connectivity index (χ3n) is 2.07. The zero-order valence-electron chi connectivity index (χ0n) is 7.33. The van der Waals surface area contributed by atoms with Gasteiger partial charge in [-0.2, -0.15) is 5.10 Å². The van der Waals surface area contributed by atoms with E-state index in [-0.39, 0.29) is 12.0 Å². The Morgan fingerprint density at radius 2 is 2.62 bits per heavy atom. The second kappa shape index (κ2) is 3.18. The molecule has 1 unspecified atom stereocenters. The summed E-state index contributed by atoms with van der Waals surface area (Å²) in [6, 6.07) is 0. The van der Waals surface area contributed by atoms with Crippen LogP contribution in [0.2, 0.25) is 0 Å². The average Bonchev–Trinajstić information content (AvgIpc) is 2.32. The molecule has 1 aliphatic heterocycles. The number of aryl methyl sites for hydroxylation is 1. The fourth-order valence-corrected chi connectivity index (χ4v) is 1.12. The maximum absolute atomic E-state index is 11.4. The van der Waals surface area contributed by atoms with Gasteiger partial charge < -0.3 is 10.1 Å². The minimum Gasteiger partial charge on any atom is -0.368 e. The zero-order chi connectivity index (χ0) is 9.26. The van der Waals surface area contributed by atoms with Crippen LogP contribution in [-0.2, 0) is 9.53 Å². The lowest BCUT2D eigenvalue weighted by atomic mass is 10.2. The van der Waals surface area contributed by atoms with Crippen molar-refractivity contribution < 1.29 is 9.53 Å². The van der Waals surface area contributed by atoms with Gasteiger partial charge in [-0.1, -0.05) is 0 Å². The fraction of sp³-hybridized carbons (Fsp3) is 0.500. The van der Waals surface area contributed by atoms with Gasteiger partial charge in [-0.3, -0.25) is 9.89 Å². The lowest BCUT2D eigenvalue weighted by Gasteiger charge is -2.24. The highest BCUT2D eigenvalue weighted by Crippen LogP contribution is 2.14. The number of aromatic amines is 1. The van der Waals surface area contributed by atoms with Crippen LogP contribution in [0.5, 0.6) is 0 Å². The van der Waals surface area contributed by atoms with E-state index in [4.69, 9.17) is 4.74 Å². The van der Waals surface area contributed by atoms with E-state index >= 15 is 0 Å². The summed E-state index contributed by atoms with van der Waals surface area (Å²) >= 11 is 0. The summed E-state index contributed by atoms with van der Waals surface area (Å²) in [6.07, 6.45) is 2.19. The predicted octanol–water partition coefficient (Wildman–Crippen LogP) is 0.446. The van der Waals surface area contributed by atoms with E-state index in [1.807, 2.05) is 6.92 Å². The Kier molecular flexibility index (Phi) is 2.02. The molecule has 1 atom stereocenters. The number of H-pyrrole nitrogens is 1. The molecule has 0 aromatic carbocycles. The Bertz CT molecular complexity index is 317. The molecule has 5 nitrogen and oxygen atoms in total. The van der Waals surface area contributed by atoms with Crippen LogP contribution >= 0.6 is 0 Å². The van der Waals surface area contributed by atoms with Crippen molar-refractivity contribution in [3.8, 4) is 0 Å². The predicted molar refractivity (Wildman–Crippen MR) is 46.3 cm³/mol. The van der Waals surface area contributed by atoms with Gasteiger partial charge in [-0.15, -0.1) is 0 Å². The topological polar surface area (TPSA) is 67.0 Å². The highest BCUT2D eigenvalue weighted by atomic mass is 16.5. The van der Waals surface area contributed by atoms with E-state index < -0.39 is 0 Å². The van der Waals surface area contributed by atoms with Gasteiger partial charge in [0.25, 0.3) is 5.91 Å². The van der Waals surface area contributed by atoms with Crippen molar-refractivity contribution in [2.45, 2.75) is 19.4 Å². The minimum atomic E-state index is -0.275. The van der Waals surface area contributed by atoms with Gasteiger partial charge >= 0.3 is 0 Å². The van der Waals surface area contributed by atoms with Crippen LogP contribution in [-0.4, -0.2) is 28.8 Å². The lowest BCUT2D eigenvalue weighted by Crippen LogP contribution is -2.39. The first kappa shape index (κ1) is 8.25. The molecule has 70 valence electrons. The molecule has 0 radical (unpaired) electrons. The molecule has 0 bridgehead atoms. The van der Waals surface area contributed by atoms with Crippen LogP contribution in [0.25, 0.3) is 0 Å². The van der Waals surface area contributed by atoms with E-state index in [9.17, 15) is 4.79 Å². The number of hydrogen-bond acceptors (Lipinski definition) is 3. The summed E-state index contributed by atoms with van der Waals surface area (Å²) in [5, 5.41) is 9.21. The molecule has 1 amide bonds. The Morgan fingerprint density at radius 1 is 1.85 bits per heavy atom. The van der Waals surface area contributed by atoms with Crippen LogP contribution in [0, 0.1) is 6.92 Å². The largest absolute Gasteiger partial charge is 0.368 e. The Labute approximate surface area is 75.5 Å². The van der Waals surface area contributed by atoms with Crippen molar-refractivity contribution in [3.05, 3.63) is 11.8 Å². The quantitative estimate of drug-likeness (QED) is 0.695. The van der Waals surface area contributed by atoms with Crippen molar-refractivity contribution in [2.24, 2.45) is 0 Å². The van der Waals surface area contributed by atoms with Crippen LogP contribution in [0.15, 0.2) is 6.20 Å². The number of carbonyl (C=O) groups is 1. The third-order valence-corrected chi connectivity index (χ3v) is 2.07. The number of carbonyl (C=O) groups excluding carboxylic acids is 1. The highest BCUT2D eigenvalue weighted by Gasteiger charge is 2.26. The SMILES string of the molecule is Cc1cn[nH]c1NC(=O)C1CCO1. The maximum atomic E-state index is 11.4. The van der Waals surface area contributed by atoms with E-state index in [2.05, 4.69) is 15.5 Å². The van der Waals surface area contributed by atoms with Gasteiger partial charge in [0.2, 0.25) is 0 Å². The summed E-state index contributed by atoms with van der Waals surface area (Å²) in [5.41, 5.74) is 0.924. The molecule has 1 fully saturated rings. The number of amides is 1. The van der Waals surface area contributed by atoms with Crippen molar-refractivity contribution in [1.82, 2.24) is 10.2 Å². The highest BCUT2D eigenvalue weighted by molar-refractivity contribution is 5.94. The number of aromatic nitrogens is 2. The van der Waals surface area contributed by atoms with E-state index in [1.165, 1.54) is 0 Å². The number of anilines is 1. The van der Waals surface area contributed by atoms with Gasteiger partial charge in [0, 0.05) is 12.0 Å². The summed E-state index contributed by atoms with van der Waals surface area (Å²) in [6.45, 7) is 2.56. The fourth-order valence-electron chi connectivity index (χ4n) is 1.12. The molecule has 5 heteroatoms. The monoisotopic (exact) mass is 181 g/mol. The minimum absolute atomic E-state index is 0.0985. The van der Waals surface area contributed by atoms with Gasteiger partial charge in [0.15, 0.2) is 0 Å². The van der Waals surface area contributed by atoms with Crippen molar-refractivity contribution in [2.75, 3.05) is 11.9 Å². The molecule has 2 rings (SSSR count). The van der Waals surface area contributed by atoms with E-state index in [1.54, 1.807) is 6.20 Å². The zero-order valence-corrected chi connectivity index (χ0v) is 7.33. The smallest absolute Gasteiger partial charge is 0.254 e. The van der Waals surface area contributed by atoms with Crippen LogP contribution < -0.4 is 5.32 Å². The van der Waals surface area contributed by atoms with E-state index in [0.717, 1.165) is 12.0 Å².